The highest BCUT2D eigenvalue weighted by Gasteiger charge is 2.48. The standard InChI is InChI=1S/C22H24F3NO7S/c1-21(2,3)32-19(27)18(26-20(28)31-14-16-7-5-4-6-8-16)13-15-9-11-17(12-10-15)33-34(29,30)22(23,24)25/h4-12,18H,13-14H2,1-3H3,(H,26,28). The van der Waals surface area contributed by atoms with Crippen LogP contribution in [0.2, 0.25) is 0 Å². The van der Waals surface area contributed by atoms with Crippen LogP contribution in [0.1, 0.15) is 31.9 Å². The van der Waals surface area contributed by atoms with Gasteiger partial charge in [0.25, 0.3) is 0 Å². The normalized spacial score (nSPS) is 13.0. The van der Waals surface area contributed by atoms with Gasteiger partial charge >= 0.3 is 27.7 Å². The monoisotopic (exact) mass is 503 g/mol. The van der Waals surface area contributed by atoms with Crippen molar-refractivity contribution in [3.63, 3.8) is 0 Å². The first-order valence-corrected chi connectivity index (χ1v) is 11.4. The molecular weight excluding hydrogens is 479 g/mol. The van der Waals surface area contributed by atoms with Gasteiger partial charge in [-0.1, -0.05) is 42.5 Å². The second-order valence-corrected chi connectivity index (χ2v) is 9.66. The summed E-state index contributed by atoms with van der Waals surface area (Å²) in [6, 6.07) is 12.2. The van der Waals surface area contributed by atoms with Crippen LogP contribution >= 0.6 is 0 Å². The highest BCUT2D eigenvalue weighted by molar-refractivity contribution is 7.88. The number of ether oxygens (including phenoxy) is 2. The molecule has 186 valence electrons. The summed E-state index contributed by atoms with van der Waals surface area (Å²) in [5.74, 6) is -1.32. The smallest absolute Gasteiger partial charge is 0.458 e. The lowest BCUT2D eigenvalue weighted by Crippen LogP contribution is -2.45. The minimum Gasteiger partial charge on any atom is -0.458 e. The van der Waals surface area contributed by atoms with Crippen molar-refractivity contribution in [3.8, 4) is 5.75 Å². The SMILES string of the molecule is CC(C)(C)OC(=O)C(Cc1ccc(OS(=O)(=O)C(F)(F)F)cc1)NC(=O)OCc1ccccc1. The van der Waals surface area contributed by atoms with Gasteiger partial charge in [0.05, 0.1) is 0 Å². The minimum atomic E-state index is -5.81. The zero-order valence-corrected chi connectivity index (χ0v) is 19.4. The van der Waals surface area contributed by atoms with E-state index in [1.807, 2.05) is 0 Å². The second-order valence-electron chi connectivity index (χ2n) is 8.12. The van der Waals surface area contributed by atoms with Gasteiger partial charge in [0.2, 0.25) is 0 Å². The molecular formula is C22H24F3NO7S. The van der Waals surface area contributed by atoms with E-state index in [4.69, 9.17) is 9.47 Å². The highest BCUT2D eigenvalue weighted by Crippen LogP contribution is 2.27. The van der Waals surface area contributed by atoms with Crippen LogP contribution in [-0.4, -0.2) is 37.6 Å². The first-order valence-electron chi connectivity index (χ1n) is 9.96. The van der Waals surface area contributed by atoms with Crippen LogP contribution in [0.3, 0.4) is 0 Å². The largest absolute Gasteiger partial charge is 0.534 e. The molecule has 0 aliphatic carbocycles. The van der Waals surface area contributed by atoms with Gasteiger partial charge in [-0.15, -0.1) is 0 Å². The molecule has 0 bridgehead atoms. The van der Waals surface area contributed by atoms with Crippen LogP contribution < -0.4 is 9.50 Å². The van der Waals surface area contributed by atoms with Crippen molar-refractivity contribution >= 4 is 22.2 Å². The molecule has 8 nitrogen and oxygen atoms in total. The van der Waals surface area contributed by atoms with E-state index in [0.717, 1.165) is 17.7 Å². The van der Waals surface area contributed by atoms with Crippen LogP contribution in [0.5, 0.6) is 5.75 Å². The maximum absolute atomic E-state index is 12.6. The summed E-state index contributed by atoms with van der Waals surface area (Å²) in [6.07, 6.45) is -0.988. The van der Waals surface area contributed by atoms with E-state index in [2.05, 4.69) is 9.50 Å². The molecule has 34 heavy (non-hydrogen) atoms. The minimum absolute atomic E-state index is 0.0343. The van der Waals surface area contributed by atoms with Crippen LogP contribution in [0.15, 0.2) is 54.6 Å². The Balaban J connectivity index is 2.10. The van der Waals surface area contributed by atoms with Gasteiger partial charge in [-0.05, 0) is 44.0 Å². The number of esters is 1. The fraction of sp³-hybridized carbons (Fsp3) is 0.364. The average Bonchev–Trinajstić information content (AvgIpc) is 2.71. The summed E-state index contributed by atoms with van der Waals surface area (Å²) in [7, 11) is -5.81. The van der Waals surface area contributed by atoms with Crippen LogP contribution in [0, 0.1) is 0 Å². The van der Waals surface area contributed by atoms with Gasteiger partial charge in [-0.3, -0.25) is 0 Å². The maximum atomic E-state index is 12.6. The van der Waals surface area contributed by atoms with Crippen molar-refractivity contribution < 1.29 is 44.8 Å². The van der Waals surface area contributed by atoms with Gasteiger partial charge in [0.1, 0.15) is 24.0 Å². The number of alkyl halides is 3. The lowest BCUT2D eigenvalue weighted by Gasteiger charge is -2.24. The van der Waals surface area contributed by atoms with Gasteiger partial charge in [0, 0.05) is 6.42 Å². The number of benzene rings is 2. The summed E-state index contributed by atoms with van der Waals surface area (Å²) in [5.41, 5.74) is -5.31. The predicted octanol–water partition coefficient (Wildman–Crippen LogP) is 4.09. The van der Waals surface area contributed by atoms with Crippen molar-refractivity contribution in [2.24, 2.45) is 0 Å². The molecule has 0 aliphatic rings. The molecule has 1 atom stereocenters. The molecule has 2 aromatic rings. The molecule has 0 aromatic heterocycles. The third-order valence-electron chi connectivity index (χ3n) is 4.05. The number of amides is 1. The Morgan fingerprint density at radius 2 is 1.53 bits per heavy atom. The number of carbonyl (C=O) groups excluding carboxylic acids is 2. The van der Waals surface area contributed by atoms with Gasteiger partial charge < -0.3 is 19.0 Å². The van der Waals surface area contributed by atoms with Crippen LogP contribution in [0.25, 0.3) is 0 Å². The van der Waals surface area contributed by atoms with Crippen molar-refractivity contribution in [1.82, 2.24) is 5.32 Å². The summed E-state index contributed by atoms with van der Waals surface area (Å²) >= 11 is 0. The first kappa shape index (κ1) is 27.0. The zero-order valence-electron chi connectivity index (χ0n) is 18.6. The van der Waals surface area contributed by atoms with E-state index in [0.29, 0.717) is 5.56 Å². The number of halogens is 3. The number of carbonyl (C=O) groups is 2. The molecule has 1 amide bonds. The number of hydrogen-bond acceptors (Lipinski definition) is 7. The number of rotatable bonds is 8. The fourth-order valence-electron chi connectivity index (χ4n) is 2.56. The number of hydrogen-bond donors (Lipinski definition) is 1. The molecule has 1 unspecified atom stereocenters. The van der Waals surface area contributed by atoms with E-state index in [-0.39, 0.29) is 13.0 Å². The molecule has 0 aliphatic heterocycles. The molecule has 0 heterocycles. The third kappa shape index (κ3) is 8.58. The lowest BCUT2D eigenvalue weighted by atomic mass is 10.1. The number of nitrogens with one attached hydrogen (secondary N) is 1. The molecule has 12 heteroatoms. The van der Waals surface area contributed by atoms with E-state index in [1.54, 1.807) is 51.1 Å². The Kier molecular flexibility index (Phi) is 8.54. The Labute approximate surface area is 195 Å². The van der Waals surface area contributed by atoms with E-state index in [9.17, 15) is 31.2 Å². The van der Waals surface area contributed by atoms with E-state index in [1.165, 1.54) is 12.1 Å². The average molecular weight is 503 g/mol. The second kappa shape index (κ2) is 10.8. The van der Waals surface area contributed by atoms with Gasteiger partial charge in [-0.25, -0.2) is 9.59 Å². The Morgan fingerprint density at radius 1 is 0.941 bits per heavy atom. The summed E-state index contributed by atoms with van der Waals surface area (Å²) in [5, 5.41) is 2.42. The van der Waals surface area contributed by atoms with Crippen molar-refractivity contribution in [2.45, 2.75) is 51.0 Å². The predicted molar refractivity (Wildman–Crippen MR) is 115 cm³/mol. The van der Waals surface area contributed by atoms with Crippen molar-refractivity contribution in [1.29, 1.82) is 0 Å². The highest BCUT2D eigenvalue weighted by atomic mass is 32.2. The van der Waals surface area contributed by atoms with E-state index < -0.39 is 45.1 Å². The van der Waals surface area contributed by atoms with Gasteiger partial charge in [0.15, 0.2) is 0 Å². The molecule has 2 rings (SSSR count). The molecule has 0 fully saturated rings. The maximum Gasteiger partial charge on any atom is 0.534 e. The number of alkyl carbamates (subject to hydrolysis) is 1. The zero-order chi connectivity index (χ0) is 25.6. The molecule has 0 spiro atoms. The summed E-state index contributed by atoms with van der Waals surface area (Å²) < 4.78 is 74.2. The molecule has 1 N–H and O–H groups in total. The molecule has 0 saturated heterocycles. The summed E-state index contributed by atoms with van der Waals surface area (Å²) in [4.78, 5) is 24.9. The quantitative estimate of drug-likeness (QED) is 0.328. The Morgan fingerprint density at radius 3 is 2.06 bits per heavy atom. The Bertz CT molecular complexity index is 1080. The van der Waals surface area contributed by atoms with E-state index >= 15 is 0 Å². The van der Waals surface area contributed by atoms with Gasteiger partial charge in [-0.2, -0.15) is 21.6 Å². The topological polar surface area (TPSA) is 108 Å². The Hall–Kier alpha value is -3.28. The lowest BCUT2D eigenvalue weighted by molar-refractivity contribution is -0.157. The molecule has 0 saturated carbocycles. The first-order chi connectivity index (χ1) is 15.7. The summed E-state index contributed by atoms with van der Waals surface area (Å²) in [6.45, 7) is 4.89. The molecule has 0 radical (unpaired) electrons. The fourth-order valence-corrected chi connectivity index (χ4v) is 3.02. The van der Waals surface area contributed by atoms with Crippen LogP contribution in [-0.2, 0) is 37.4 Å². The van der Waals surface area contributed by atoms with Crippen LogP contribution in [0.4, 0.5) is 18.0 Å². The van der Waals surface area contributed by atoms with Crippen molar-refractivity contribution in [3.05, 3.63) is 65.7 Å². The third-order valence-corrected chi connectivity index (χ3v) is 5.03. The van der Waals surface area contributed by atoms with Crippen molar-refractivity contribution in [2.75, 3.05) is 0 Å². The molecule has 2 aromatic carbocycles.